The first-order valence-corrected chi connectivity index (χ1v) is 40.0. The summed E-state index contributed by atoms with van der Waals surface area (Å²) < 4.78 is 0. The van der Waals surface area contributed by atoms with E-state index in [2.05, 4.69) is 451 Å². The normalized spacial score (nSPS) is 11.4. The third-order valence-electron chi connectivity index (χ3n) is 23.7. The smallest absolute Gasteiger partial charge is 0.00201 e. The molecule has 0 aliphatic heterocycles. The Labute approximate surface area is 671 Å². The van der Waals surface area contributed by atoms with Gasteiger partial charge in [-0.1, -0.05) is 430 Å². The molecule has 115 heavy (non-hydrogen) atoms. The second kappa shape index (κ2) is 29.9. The molecule has 0 spiro atoms. The van der Waals surface area contributed by atoms with Gasteiger partial charge in [0.2, 0.25) is 0 Å². The van der Waals surface area contributed by atoms with Crippen LogP contribution in [0.25, 0.3) is 208 Å². The van der Waals surface area contributed by atoms with Gasteiger partial charge in [-0.2, -0.15) is 0 Å². The molecule has 22 rings (SSSR count). The number of hydrogen-bond acceptors (Lipinski definition) is 0. The van der Waals surface area contributed by atoms with Crippen molar-refractivity contribution in [2.24, 2.45) is 0 Å². The van der Waals surface area contributed by atoms with E-state index in [1.165, 1.54) is 225 Å². The average molecular weight is 1460 g/mol. The molecule has 0 heterocycles. The highest BCUT2D eigenvalue weighted by Gasteiger charge is 2.23. The molecule has 0 fully saturated rings. The summed E-state index contributed by atoms with van der Waals surface area (Å²) in [5.41, 5.74) is 26.7. The lowest BCUT2D eigenvalue weighted by atomic mass is 9.84. The van der Waals surface area contributed by atoms with Crippen LogP contribution >= 0.6 is 0 Å². The first kappa shape index (κ1) is 69.6. The maximum Gasteiger partial charge on any atom is -0.00201 e. The molecule has 22 aromatic carbocycles. The lowest BCUT2D eigenvalue weighted by Crippen LogP contribution is -1.92. The minimum absolute atomic E-state index is 1.24. The van der Waals surface area contributed by atoms with Crippen molar-refractivity contribution in [2.75, 3.05) is 0 Å². The van der Waals surface area contributed by atoms with Gasteiger partial charge in [-0.15, -0.1) is 0 Å². The van der Waals surface area contributed by atoms with Gasteiger partial charge in [0.05, 0.1) is 0 Å². The topological polar surface area (TPSA) is 0 Å². The Morgan fingerprint density at radius 2 is 0.383 bits per heavy atom. The van der Waals surface area contributed by atoms with Crippen molar-refractivity contribution in [1.29, 1.82) is 0 Å². The molecule has 0 aliphatic carbocycles. The Hall–Kier alpha value is -14.6. The quantitative estimate of drug-likeness (QED) is 0.126. The molecule has 0 unspecified atom stereocenters. The molecule has 0 N–H and O–H groups in total. The van der Waals surface area contributed by atoms with Gasteiger partial charge in [0, 0.05) is 0 Å². The standard InChI is InChI=1S/C41H28.2C37H26/c1-27-21-26-33(34-15-5-4-13-31(27)34)29-22-24-30(25-23-29)40-36-16-6-8-18-38(36)41(39-19-9-7-17-37(39)40)35-20-10-12-28-11-2-3-14-32(28)35;1-25-15-16-30-24-31(22-21-29(30)23-25)37-34-13-7-5-11-32(34)36(33-12-6-8-14-35(33)37)28-19-17-27(18-20-28)26-9-3-2-4-10-26;1-25-19-24-35(30-14-6-5-13-29(25)30)37-33-17-9-7-15-31(33)36(32-16-8-10-18-34(32)37)28-22-20-27(21-23-28)26-11-3-2-4-12-26/h2-26H,1H3;2*2-24H,1H3. The van der Waals surface area contributed by atoms with Crippen LogP contribution in [0.4, 0.5) is 0 Å². The highest BCUT2D eigenvalue weighted by molar-refractivity contribution is 6.26. The van der Waals surface area contributed by atoms with E-state index in [9.17, 15) is 0 Å². The first-order chi connectivity index (χ1) is 56.8. The van der Waals surface area contributed by atoms with Crippen LogP contribution in [0.1, 0.15) is 16.7 Å². The summed E-state index contributed by atoms with van der Waals surface area (Å²) in [7, 11) is 0. The molecule has 0 aromatic heterocycles. The van der Waals surface area contributed by atoms with Crippen LogP contribution in [-0.4, -0.2) is 0 Å². The largest absolute Gasteiger partial charge is 0.0622 e. The summed E-state index contributed by atoms with van der Waals surface area (Å²) in [4.78, 5) is 0. The summed E-state index contributed by atoms with van der Waals surface area (Å²) in [6.45, 7) is 6.54. The number of fused-ring (bicyclic) bond motifs is 10. The van der Waals surface area contributed by atoms with Gasteiger partial charge >= 0.3 is 0 Å². The molecule has 0 aliphatic rings. The van der Waals surface area contributed by atoms with E-state index in [1.807, 2.05) is 0 Å². The van der Waals surface area contributed by atoms with Crippen molar-refractivity contribution in [3.63, 3.8) is 0 Å². The Bertz CT molecular complexity index is 7320. The summed E-state index contributed by atoms with van der Waals surface area (Å²) >= 11 is 0. The molecule has 540 valence electrons. The summed E-state index contributed by atoms with van der Waals surface area (Å²) in [6, 6.07) is 157. The van der Waals surface area contributed by atoms with Crippen LogP contribution in [0.15, 0.2) is 431 Å². The van der Waals surface area contributed by atoms with Crippen molar-refractivity contribution in [3.05, 3.63) is 447 Å². The van der Waals surface area contributed by atoms with Crippen LogP contribution in [0.5, 0.6) is 0 Å². The molecular formula is C115H80. The summed E-state index contributed by atoms with van der Waals surface area (Å²) in [6.07, 6.45) is 0. The van der Waals surface area contributed by atoms with Gasteiger partial charge in [0.25, 0.3) is 0 Å². The second-order valence-electron chi connectivity index (χ2n) is 30.5. The van der Waals surface area contributed by atoms with Gasteiger partial charge in [-0.05, 0) is 246 Å². The highest BCUT2D eigenvalue weighted by atomic mass is 14.3. The highest BCUT2D eigenvalue weighted by Crippen LogP contribution is 2.50. The van der Waals surface area contributed by atoms with E-state index in [0.717, 1.165) is 0 Å². The van der Waals surface area contributed by atoms with Crippen molar-refractivity contribution in [3.8, 4) is 100 Å². The Morgan fingerprint density at radius 1 is 0.122 bits per heavy atom. The van der Waals surface area contributed by atoms with Crippen molar-refractivity contribution in [2.45, 2.75) is 20.8 Å². The molecule has 0 heteroatoms. The Balaban J connectivity index is 0.000000112. The van der Waals surface area contributed by atoms with E-state index in [-0.39, 0.29) is 0 Å². The van der Waals surface area contributed by atoms with Crippen molar-refractivity contribution in [1.82, 2.24) is 0 Å². The van der Waals surface area contributed by atoms with Gasteiger partial charge in [0.15, 0.2) is 0 Å². The molecular weight excluding hydrogens is 1380 g/mol. The molecule has 0 saturated heterocycles. The molecule has 0 atom stereocenters. The van der Waals surface area contributed by atoms with Crippen molar-refractivity contribution < 1.29 is 0 Å². The fourth-order valence-electron chi connectivity index (χ4n) is 18.3. The lowest BCUT2D eigenvalue weighted by Gasteiger charge is -2.19. The zero-order valence-electron chi connectivity index (χ0n) is 64.5. The Kier molecular flexibility index (Phi) is 18.1. The van der Waals surface area contributed by atoms with Gasteiger partial charge in [-0.3, -0.25) is 0 Å². The van der Waals surface area contributed by atoms with Crippen LogP contribution in [0, 0.1) is 20.8 Å². The third-order valence-corrected chi connectivity index (χ3v) is 23.7. The number of hydrogen-bond donors (Lipinski definition) is 0. The van der Waals surface area contributed by atoms with Crippen LogP contribution in [-0.2, 0) is 0 Å². The first-order valence-electron chi connectivity index (χ1n) is 40.0. The number of aryl methyl sites for hydroxylation is 3. The average Bonchev–Trinajstić information content (AvgIpc) is 0.734. The predicted molar refractivity (Wildman–Crippen MR) is 498 cm³/mol. The predicted octanol–water partition coefficient (Wildman–Crippen LogP) is 32.5. The number of benzene rings is 22. The van der Waals surface area contributed by atoms with E-state index < -0.39 is 0 Å². The summed E-state index contributed by atoms with van der Waals surface area (Å²) in [5, 5.41) is 25.8. The maximum absolute atomic E-state index is 2.34. The van der Waals surface area contributed by atoms with E-state index in [4.69, 9.17) is 0 Å². The van der Waals surface area contributed by atoms with Crippen LogP contribution in [0.2, 0.25) is 0 Å². The monoisotopic (exact) mass is 1460 g/mol. The van der Waals surface area contributed by atoms with Gasteiger partial charge in [-0.25, -0.2) is 0 Å². The lowest BCUT2D eigenvalue weighted by molar-refractivity contribution is 1.51. The maximum atomic E-state index is 2.34. The molecule has 0 nitrogen and oxygen atoms in total. The van der Waals surface area contributed by atoms with Crippen LogP contribution in [0.3, 0.4) is 0 Å². The van der Waals surface area contributed by atoms with E-state index >= 15 is 0 Å². The van der Waals surface area contributed by atoms with E-state index in [0.29, 0.717) is 0 Å². The minimum atomic E-state index is 1.24. The molecule has 0 amide bonds. The SMILES string of the molecule is Cc1ccc(-c2c3ccccc3c(-c3ccc(-c4ccccc4)cc3)c3ccccc23)c2ccccc12.Cc1ccc(-c2ccc(-c3c4ccccc4c(-c4cccc5ccccc45)c4ccccc34)cc2)c2ccccc12.Cc1ccc2cc(-c3c4ccccc4c(-c4ccc(-c5ccccc5)cc4)c4ccccc34)ccc2c1. The molecule has 0 saturated carbocycles. The van der Waals surface area contributed by atoms with E-state index in [1.54, 1.807) is 0 Å². The second-order valence-corrected chi connectivity index (χ2v) is 30.5. The molecule has 0 radical (unpaired) electrons. The van der Waals surface area contributed by atoms with Crippen LogP contribution < -0.4 is 0 Å². The molecule has 0 bridgehead atoms. The van der Waals surface area contributed by atoms with Gasteiger partial charge in [0.1, 0.15) is 0 Å². The fraction of sp³-hybridized carbons (Fsp3) is 0.0261. The Morgan fingerprint density at radius 3 is 0.791 bits per heavy atom. The van der Waals surface area contributed by atoms with Crippen molar-refractivity contribution >= 4 is 108 Å². The fourth-order valence-corrected chi connectivity index (χ4v) is 18.3. The van der Waals surface area contributed by atoms with Gasteiger partial charge < -0.3 is 0 Å². The minimum Gasteiger partial charge on any atom is -0.0622 e. The summed E-state index contributed by atoms with van der Waals surface area (Å²) in [5.74, 6) is 0. The zero-order chi connectivity index (χ0) is 76.9. The zero-order valence-corrected chi connectivity index (χ0v) is 64.5. The third kappa shape index (κ3) is 12.7. The number of rotatable bonds is 9. The molecule has 22 aromatic rings.